The van der Waals surface area contributed by atoms with Crippen molar-refractivity contribution >= 4 is 23.3 Å². The molecule has 0 unspecified atom stereocenters. The number of benzene rings is 2. The van der Waals surface area contributed by atoms with Crippen LogP contribution < -0.4 is 24.8 Å². The highest BCUT2D eigenvalue weighted by molar-refractivity contribution is 6.02. The first-order chi connectivity index (χ1) is 18.3. The zero-order chi connectivity index (χ0) is 26.8. The van der Waals surface area contributed by atoms with Gasteiger partial charge in [-0.3, -0.25) is 4.79 Å². The molecule has 2 aromatic carbocycles. The van der Waals surface area contributed by atoms with Gasteiger partial charge in [-0.15, -0.1) is 0 Å². The highest BCUT2D eigenvalue weighted by atomic mass is 16.7. The van der Waals surface area contributed by atoms with Crippen LogP contribution in [0.4, 0.5) is 16.2 Å². The van der Waals surface area contributed by atoms with E-state index in [9.17, 15) is 14.7 Å². The average molecular weight is 525 g/mol. The van der Waals surface area contributed by atoms with Crippen molar-refractivity contribution in [3.63, 3.8) is 0 Å². The fourth-order valence-corrected chi connectivity index (χ4v) is 4.91. The van der Waals surface area contributed by atoms with Gasteiger partial charge in [-0.25, -0.2) is 4.79 Å². The third-order valence-corrected chi connectivity index (χ3v) is 7.31. The quantitative estimate of drug-likeness (QED) is 0.484. The van der Waals surface area contributed by atoms with Crippen molar-refractivity contribution < 1.29 is 28.9 Å². The van der Waals surface area contributed by atoms with E-state index in [2.05, 4.69) is 29.5 Å². The van der Waals surface area contributed by atoms with Gasteiger partial charge in [0, 0.05) is 43.0 Å². The molecule has 3 atom stereocenters. The van der Waals surface area contributed by atoms with Gasteiger partial charge in [0.25, 0.3) is 5.91 Å². The van der Waals surface area contributed by atoms with E-state index in [0.29, 0.717) is 40.7 Å². The fourth-order valence-electron chi connectivity index (χ4n) is 4.91. The van der Waals surface area contributed by atoms with E-state index < -0.39 is 6.03 Å². The summed E-state index contributed by atoms with van der Waals surface area (Å²) in [7, 11) is 2.11. The predicted octanol–water partition coefficient (Wildman–Crippen LogP) is 3.62. The highest BCUT2D eigenvalue weighted by Gasteiger charge is 2.34. The summed E-state index contributed by atoms with van der Waals surface area (Å²) in [4.78, 5) is 30.4. The molecule has 204 valence electrons. The lowest BCUT2D eigenvalue weighted by Gasteiger charge is -2.38. The molecule has 2 aliphatic heterocycles. The number of carbonyl (C=O) groups excluding carboxylic acids is 2. The predicted molar refractivity (Wildman–Crippen MR) is 143 cm³/mol. The topological polar surface area (TPSA) is 113 Å². The Kier molecular flexibility index (Phi) is 7.62. The molecule has 3 aliphatic rings. The lowest BCUT2D eigenvalue weighted by Crippen LogP contribution is -2.50. The molecule has 10 heteroatoms. The van der Waals surface area contributed by atoms with Gasteiger partial charge in [-0.2, -0.15) is 0 Å². The van der Waals surface area contributed by atoms with Crippen LogP contribution in [0.5, 0.6) is 17.2 Å². The standard InChI is InChI=1S/C28H36N4O6/c1-17-12-32(18(2)15-33)27(34)22-10-20(6-8-23(22)38-26(17)14-31(3)13-19-4-5-19)29-28(35)30-21-7-9-24-25(11-21)37-16-36-24/h6-11,17-19,26,33H,4-5,12-16H2,1-3H3,(H2,29,30,35)/t17-,18+,26-/m1/s1. The molecule has 3 N–H and O–H groups in total. The molecule has 0 spiro atoms. The van der Waals surface area contributed by atoms with E-state index in [4.69, 9.17) is 14.2 Å². The lowest BCUT2D eigenvalue weighted by molar-refractivity contribution is 0.0344. The number of fused-ring (bicyclic) bond motifs is 2. The first kappa shape index (κ1) is 26.1. The third kappa shape index (κ3) is 5.97. The van der Waals surface area contributed by atoms with Crippen molar-refractivity contribution in [2.24, 2.45) is 11.8 Å². The monoisotopic (exact) mass is 524 g/mol. The number of carbonyl (C=O) groups is 2. The number of aliphatic hydroxyl groups is 1. The Balaban J connectivity index is 1.34. The van der Waals surface area contributed by atoms with Crippen LogP contribution in [0.25, 0.3) is 0 Å². The van der Waals surface area contributed by atoms with Crippen molar-refractivity contribution in [2.75, 3.05) is 50.7 Å². The molecule has 0 saturated heterocycles. The number of rotatable bonds is 8. The minimum atomic E-state index is -0.461. The second-order valence-electron chi connectivity index (χ2n) is 10.6. The minimum absolute atomic E-state index is 0.0630. The molecular weight excluding hydrogens is 488 g/mol. The first-order valence-corrected chi connectivity index (χ1v) is 13.2. The number of likely N-dealkylation sites (N-methyl/N-ethyl adjacent to an activating group) is 1. The Bertz CT molecular complexity index is 1190. The maximum atomic E-state index is 13.6. The number of urea groups is 1. The van der Waals surface area contributed by atoms with E-state index in [1.165, 1.54) is 12.8 Å². The SMILES string of the molecule is C[C@@H]1CN([C@@H](C)CO)C(=O)c2cc(NC(=O)Nc3ccc4c(c3)OCO4)ccc2O[C@@H]1CN(C)CC1CC1. The zero-order valence-electron chi connectivity index (χ0n) is 22.1. The normalized spacial score (nSPS) is 21.3. The van der Waals surface area contributed by atoms with Crippen molar-refractivity contribution in [1.29, 1.82) is 0 Å². The van der Waals surface area contributed by atoms with Crippen molar-refractivity contribution in [3.8, 4) is 17.2 Å². The Morgan fingerprint density at radius 2 is 1.76 bits per heavy atom. The Labute approximate surface area is 222 Å². The van der Waals surface area contributed by atoms with Crippen LogP contribution in [-0.4, -0.2) is 79.1 Å². The number of aliphatic hydroxyl groups excluding tert-OH is 1. The molecule has 2 aromatic rings. The van der Waals surface area contributed by atoms with Crippen LogP contribution in [0, 0.1) is 11.8 Å². The summed E-state index contributed by atoms with van der Waals surface area (Å²) in [6.45, 7) is 6.17. The number of hydrogen-bond acceptors (Lipinski definition) is 7. The Morgan fingerprint density at radius 1 is 1.08 bits per heavy atom. The van der Waals surface area contributed by atoms with Crippen LogP contribution >= 0.6 is 0 Å². The van der Waals surface area contributed by atoms with Crippen LogP contribution in [0.15, 0.2) is 36.4 Å². The zero-order valence-corrected chi connectivity index (χ0v) is 22.1. The molecule has 0 aromatic heterocycles. The minimum Gasteiger partial charge on any atom is -0.488 e. The maximum Gasteiger partial charge on any atom is 0.323 e. The number of nitrogens with one attached hydrogen (secondary N) is 2. The van der Waals surface area contributed by atoms with Crippen LogP contribution in [-0.2, 0) is 0 Å². The van der Waals surface area contributed by atoms with Crippen molar-refractivity contribution in [1.82, 2.24) is 9.80 Å². The molecule has 1 aliphatic carbocycles. The molecule has 1 fully saturated rings. The summed E-state index contributed by atoms with van der Waals surface area (Å²) in [5, 5.41) is 15.4. The molecule has 38 heavy (non-hydrogen) atoms. The second-order valence-corrected chi connectivity index (χ2v) is 10.6. The van der Waals surface area contributed by atoms with Crippen LogP contribution in [0.1, 0.15) is 37.0 Å². The molecule has 2 heterocycles. The summed E-state index contributed by atoms with van der Waals surface area (Å²) < 4.78 is 17.1. The number of anilines is 2. The van der Waals surface area contributed by atoms with Gasteiger partial charge in [0.05, 0.1) is 18.2 Å². The average Bonchev–Trinajstić information content (AvgIpc) is 3.58. The van der Waals surface area contributed by atoms with Crippen LogP contribution in [0.3, 0.4) is 0 Å². The summed E-state index contributed by atoms with van der Waals surface area (Å²) in [5.41, 5.74) is 1.35. The van der Waals surface area contributed by atoms with Gasteiger partial charge in [-0.05, 0) is 63.1 Å². The van der Waals surface area contributed by atoms with Gasteiger partial charge in [-0.1, -0.05) is 6.92 Å². The van der Waals surface area contributed by atoms with Crippen LogP contribution in [0.2, 0.25) is 0 Å². The molecule has 1 saturated carbocycles. The molecule has 10 nitrogen and oxygen atoms in total. The van der Waals surface area contributed by atoms with E-state index in [-0.39, 0.29) is 37.4 Å². The lowest BCUT2D eigenvalue weighted by atomic mass is 9.99. The molecular formula is C28H36N4O6. The molecule has 5 rings (SSSR count). The number of ether oxygens (including phenoxy) is 3. The summed E-state index contributed by atoms with van der Waals surface area (Å²) >= 11 is 0. The van der Waals surface area contributed by atoms with Crippen molar-refractivity contribution in [2.45, 2.75) is 38.8 Å². The number of amides is 3. The highest BCUT2D eigenvalue weighted by Crippen LogP contribution is 2.35. The van der Waals surface area contributed by atoms with Gasteiger partial charge < -0.3 is 39.8 Å². The summed E-state index contributed by atoms with van der Waals surface area (Å²) in [6, 6.07) is 9.42. The van der Waals surface area contributed by atoms with E-state index in [1.54, 1.807) is 41.3 Å². The largest absolute Gasteiger partial charge is 0.488 e. The molecule has 3 amide bonds. The van der Waals surface area contributed by atoms with E-state index in [1.807, 2.05) is 6.92 Å². The first-order valence-electron chi connectivity index (χ1n) is 13.2. The van der Waals surface area contributed by atoms with Gasteiger partial charge in [0.15, 0.2) is 11.5 Å². The summed E-state index contributed by atoms with van der Waals surface area (Å²) in [5.74, 6) is 2.26. The molecule has 0 bridgehead atoms. The van der Waals surface area contributed by atoms with Gasteiger partial charge in [0.1, 0.15) is 11.9 Å². The third-order valence-electron chi connectivity index (χ3n) is 7.31. The van der Waals surface area contributed by atoms with E-state index >= 15 is 0 Å². The van der Waals surface area contributed by atoms with Gasteiger partial charge >= 0.3 is 6.03 Å². The molecule has 0 radical (unpaired) electrons. The van der Waals surface area contributed by atoms with Gasteiger partial charge in [0.2, 0.25) is 6.79 Å². The smallest absolute Gasteiger partial charge is 0.323 e. The summed E-state index contributed by atoms with van der Waals surface area (Å²) in [6.07, 6.45) is 2.43. The Hall–Kier alpha value is -3.50. The fraction of sp³-hybridized carbons (Fsp3) is 0.500. The maximum absolute atomic E-state index is 13.6. The van der Waals surface area contributed by atoms with Crippen molar-refractivity contribution in [3.05, 3.63) is 42.0 Å². The second kappa shape index (κ2) is 11.1. The van der Waals surface area contributed by atoms with E-state index in [0.717, 1.165) is 19.0 Å². The number of nitrogens with zero attached hydrogens (tertiary/aromatic N) is 2. The Morgan fingerprint density at radius 3 is 2.47 bits per heavy atom. The number of hydrogen-bond donors (Lipinski definition) is 3.